The van der Waals surface area contributed by atoms with Crippen molar-refractivity contribution in [3.8, 4) is 11.5 Å². The second kappa shape index (κ2) is 8.20. The van der Waals surface area contributed by atoms with E-state index in [1.807, 2.05) is 49.5 Å². The molecule has 26 heavy (non-hydrogen) atoms. The molecule has 2 aromatic carbocycles. The number of ether oxygens (including phenoxy) is 2. The van der Waals surface area contributed by atoms with Gasteiger partial charge in [0.1, 0.15) is 17.3 Å². The molecule has 0 bridgehead atoms. The van der Waals surface area contributed by atoms with Gasteiger partial charge in [0.05, 0.1) is 19.9 Å². The SMILES string of the molecule is COc1ccc(OC)c(Nc2nccc(N(C)Cc3ccccc3)n2)c1. The van der Waals surface area contributed by atoms with E-state index in [0.717, 1.165) is 23.8 Å². The third-order valence-electron chi connectivity index (χ3n) is 3.95. The van der Waals surface area contributed by atoms with Crippen LogP contribution in [-0.2, 0) is 6.54 Å². The minimum absolute atomic E-state index is 0.494. The molecular weight excluding hydrogens is 328 g/mol. The zero-order valence-electron chi connectivity index (χ0n) is 15.1. The Bertz CT molecular complexity index is 855. The molecule has 0 saturated heterocycles. The smallest absolute Gasteiger partial charge is 0.229 e. The van der Waals surface area contributed by atoms with Crippen molar-refractivity contribution in [1.82, 2.24) is 9.97 Å². The van der Waals surface area contributed by atoms with E-state index in [4.69, 9.17) is 9.47 Å². The summed E-state index contributed by atoms with van der Waals surface area (Å²) >= 11 is 0. The Kier molecular flexibility index (Phi) is 5.53. The molecule has 1 heterocycles. The lowest BCUT2D eigenvalue weighted by Gasteiger charge is -2.19. The van der Waals surface area contributed by atoms with Gasteiger partial charge in [0, 0.05) is 25.9 Å². The molecule has 0 aliphatic heterocycles. The van der Waals surface area contributed by atoms with Crippen molar-refractivity contribution in [3.05, 3.63) is 66.4 Å². The third kappa shape index (κ3) is 4.22. The highest BCUT2D eigenvalue weighted by molar-refractivity contribution is 5.65. The van der Waals surface area contributed by atoms with Gasteiger partial charge in [0.25, 0.3) is 0 Å². The Morgan fingerprint density at radius 2 is 1.81 bits per heavy atom. The summed E-state index contributed by atoms with van der Waals surface area (Å²) in [5, 5.41) is 3.20. The summed E-state index contributed by atoms with van der Waals surface area (Å²) in [4.78, 5) is 11.0. The molecule has 0 saturated carbocycles. The average Bonchev–Trinajstić information content (AvgIpc) is 2.69. The summed E-state index contributed by atoms with van der Waals surface area (Å²) in [7, 11) is 5.25. The second-order valence-corrected chi connectivity index (χ2v) is 5.77. The van der Waals surface area contributed by atoms with Crippen LogP contribution >= 0.6 is 0 Å². The summed E-state index contributed by atoms with van der Waals surface area (Å²) < 4.78 is 10.7. The molecule has 0 amide bonds. The van der Waals surface area contributed by atoms with Crippen LogP contribution in [0, 0.1) is 0 Å². The van der Waals surface area contributed by atoms with Gasteiger partial charge in [-0.15, -0.1) is 0 Å². The highest BCUT2D eigenvalue weighted by Gasteiger charge is 2.09. The Labute approximate surface area is 153 Å². The molecule has 6 heteroatoms. The van der Waals surface area contributed by atoms with Crippen molar-refractivity contribution in [3.63, 3.8) is 0 Å². The first-order chi connectivity index (χ1) is 12.7. The Hall–Kier alpha value is -3.28. The summed E-state index contributed by atoms with van der Waals surface area (Å²) in [6, 6.07) is 17.7. The fourth-order valence-corrected chi connectivity index (χ4v) is 2.59. The van der Waals surface area contributed by atoms with E-state index in [1.54, 1.807) is 20.4 Å². The quantitative estimate of drug-likeness (QED) is 0.698. The van der Waals surface area contributed by atoms with Crippen molar-refractivity contribution >= 4 is 17.5 Å². The van der Waals surface area contributed by atoms with Crippen LogP contribution in [0.15, 0.2) is 60.8 Å². The number of hydrogen-bond acceptors (Lipinski definition) is 6. The van der Waals surface area contributed by atoms with Crippen LogP contribution in [0.4, 0.5) is 17.5 Å². The maximum atomic E-state index is 5.39. The Balaban J connectivity index is 1.79. The van der Waals surface area contributed by atoms with Crippen molar-refractivity contribution in [1.29, 1.82) is 0 Å². The first-order valence-electron chi connectivity index (χ1n) is 8.27. The predicted molar refractivity (Wildman–Crippen MR) is 103 cm³/mol. The lowest BCUT2D eigenvalue weighted by atomic mass is 10.2. The minimum atomic E-state index is 0.494. The van der Waals surface area contributed by atoms with Gasteiger partial charge in [-0.1, -0.05) is 30.3 Å². The van der Waals surface area contributed by atoms with E-state index >= 15 is 0 Å². The maximum absolute atomic E-state index is 5.39. The molecule has 0 fully saturated rings. The van der Waals surface area contributed by atoms with Gasteiger partial charge in [-0.05, 0) is 23.8 Å². The Morgan fingerprint density at radius 1 is 1.00 bits per heavy atom. The van der Waals surface area contributed by atoms with E-state index in [-0.39, 0.29) is 0 Å². The molecule has 0 radical (unpaired) electrons. The summed E-state index contributed by atoms with van der Waals surface area (Å²) in [5.41, 5.74) is 1.97. The van der Waals surface area contributed by atoms with E-state index in [0.29, 0.717) is 11.7 Å². The van der Waals surface area contributed by atoms with E-state index in [9.17, 15) is 0 Å². The summed E-state index contributed by atoms with van der Waals surface area (Å²) in [5.74, 6) is 2.74. The number of anilines is 3. The molecule has 134 valence electrons. The van der Waals surface area contributed by atoms with Crippen LogP contribution in [0.5, 0.6) is 11.5 Å². The molecule has 0 spiro atoms. The number of nitrogens with zero attached hydrogens (tertiary/aromatic N) is 3. The fraction of sp³-hybridized carbons (Fsp3) is 0.200. The number of hydrogen-bond donors (Lipinski definition) is 1. The molecule has 0 unspecified atom stereocenters. The van der Waals surface area contributed by atoms with E-state index in [1.165, 1.54) is 5.56 Å². The monoisotopic (exact) mass is 350 g/mol. The first-order valence-corrected chi connectivity index (χ1v) is 8.27. The van der Waals surface area contributed by atoms with Crippen LogP contribution in [0.3, 0.4) is 0 Å². The maximum Gasteiger partial charge on any atom is 0.229 e. The van der Waals surface area contributed by atoms with Gasteiger partial charge in [-0.3, -0.25) is 0 Å². The van der Waals surface area contributed by atoms with Gasteiger partial charge in [0.15, 0.2) is 0 Å². The predicted octanol–water partition coefficient (Wildman–Crippen LogP) is 3.87. The van der Waals surface area contributed by atoms with Crippen LogP contribution in [0.25, 0.3) is 0 Å². The topological polar surface area (TPSA) is 59.5 Å². The van der Waals surface area contributed by atoms with Crippen LogP contribution in [-0.4, -0.2) is 31.2 Å². The molecule has 1 aromatic heterocycles. The third-order valence-corrected chi connectivity index (χ3v) is 3.95. The van der Waals surface area contributed by atoms with E-state index in [2.05, 4.69) is 32.3 Å². The molecule has 1 N–H and O–H groups in total. The lowest BCUT2D eigenvalue weighted by Crippen LogP contribution is -2.18. The van der Waals surface area contributed by atoms with Gasteiger partial charge in [0.2, 0.25) is 5.95 Å². The van der Waals surface area contributed by atoms with Crippen molar-refractivity contribution in [2.24, 2.45) is 0 Å². The van der Waals surface area contributed by atoms with Gasteiger partial charge < -0.3 is 19.7 Å². The molecule has 0 atom stereocenters. The number of methoxy groups -OCH3 is 2. The molecular formula is C20H22N4O2. The summed E-state index contributed by atoms with van der Waals surface area (Å²) in [6.07, 6.45) is 1.73. The highest BCUT2D eigenvalue weighted by Crippen LogP contribution is 2.30. The molecule has 3 rings (SSSR count). The normalized spacial score (nSPS) is 10.3. The van der Waals surface area contributed by atoms with Crippen molar-refractivity contribution in [2.75, 3.05) is 31.5 Å². The van der Waals surface area contributed by atoms with Gasteiger partial charge in [-0.25, -0.2) is 4.98 Å². The average molecular weight is 350 g/mol. The fourth-order valence-electron chi connectivity index (χ4n) is 2.59. The number of nitrogens with one attached hydrogen (secondary N) is 1. The van der Waals surface area contributed by atoms with Crippen LogP contribution in [0.2, 0.25) is 0 Å². The molecule has 3 aromatic rings. The molecule has 0 aliphatic carbocycles. The van der Waals surface area contributed by atoms with Gasteiger partial charge >= 0.3 is 0 Å². The van der Waals surface area contributed by atoms with Crippen molar-refractivity contribution < 1.29 is 9.47 Å². The largest absolute Gasteiger partial charge is 0.497 e. The number of rotatable bonds is 7. The minimum Gasteiger partial charge on any atom is -0.497 e. The number of aromatic nitrogens is 2. The Morgan fingerprint density at radius 3 is 2.54 bits per heavy atom. The number of benzene rings is 2. The highest BCUT2D eigenvalue weighted by atomic mass is 16.5. The zero-order chi connectivity index (χ0) is 18.4. The standard InChI is InChI=1S/C20H22N4O2/c1-24(14-15-7-5-4-6-8-15)19-11-12-21-20(23-19)22-17-13-16(25-2)9-10-18(17)26-3/h4-13H,14H2,1-3H3,(H,21,22,23). The lowest BCUT2D eigenvalue weighted by molar-refractivity contribution is 0.405. The first kappa shape index (κ1) is 17.5. The van der Waals surface area contributed by atoms with Gasteiger partial charge in [-0.2, -0.15) is 4.98 Å². The van der Waals surface area contributed by atoms with Crippen LogP contribution in [0.1, 0.15) is 5.56 Å². The van der Waals surface area contributed by atoms with Crippen molar-refractivity contribution in [2.45, 2.75) is 6.54 Å². The second-order valence-electron chi connectivity index (χ2n) is 5.77. The zero-order valence-corrected chi connectivity index (χ0v) is 15.1. The molecule has 6 nitrogen and oxygen atoms in total. The van der Waals surface area contributed by atoms with E-state index < -0.39 is 0 Å². The van der Waals surface area contributed by atoms with Crippen LogP contribution < -0.4 is 19.7 Å². The molecule has 0 aliphatic rings. The summed E-state index contributed by atoms with van der Waals surface area (Å²) in [6.45, 7) is 0.764.